The molecule has 2 N–H and O–H groups in total. The molecule has 0 aromatic heterocycles. The van der Waals surface area contributed by atoms with Crippen LogP contribution in [0.4, 0.5) is 14.5 Å². The second-order valence-electron chi connectivity index (χ2n) is 4.09. The summed E-state index contributed by atoms with van der Waals surface area (Å²) in [6, 6.07) is 3.57. The number of nitrogens with zero attached hydrogens (tertiary/aromatic N) is 1. The summed E-state index contributed by atoms with van der Waals surface area (Å²) in [5.74, 6) is -1.57. The number of rotatable bonds is 4. The second kappa shape index (κ2) is 4.37. The summed E-state index contributed by atoms with van der Waals surface area (Å²) < 4.78 is 27.4. The van der Waals surface area contributed by atoms with Gasteiger partial charge in [0.2, 0.25) is 0 Å². The molecule has 1 aromatic rings. The minimum atomic E-state index is -0.806. The van der Waals surface area contributed by atoms with Gasteiger partial charge >= 0.3 is 0 Å². The normalized spacial score (nSPS) is 15.2. The van der Waals surface area contributed by atoms with E-state index in [1.54, 1.807) is 12.1 Å². The van der Waals surface area contributed by atoms with Crippen LogP contribution < -0.4 is 10.6 Å². The van der Waals surface area contributed by atoms with Gasteiger partial charge in [-0.2, -0.15) is 0 Å². The standard InChI is InChI=1S/C12H16F2N2/c1-2-16(9-4-5-9)10-6-3-8(7-15)11(13)12(10)14/h3,6,9H,2,4-5,7,15H2,1H3. The third-order valence-electron chi connectivity index (χ3n) is 3.00. The molecule has 0 bridgehead atoms. The van der Waals surface area contributed by atoms with Gasteiger partial charge in [-0.3, -0.25) is 0 Å². The molecule has 1 fully saturated rings. The topological polar surface area (TPSA) is 29.3 Å². The number of hydrogen-bond acceptors (Lipinski definition) is 2. The fourth-order valence-electron chi connectivity index (χ4n) is 1.97. The predicted molar refractivity (Wildman–Crippen MR) is 60.3 cm³/mol. The highest BCUT2D eigenvalue weighted by molar-refractivity contribution is 5.51. The number of anilines is 1. The zero-order valence-corrected chi connectivity index (χ0v) is 9.34. The lowest BCUT2D eigenvalue weighted by atomic mass is 10.1. The van der Waals surface area contributed by atoms with Crippen LogP contribution in [0.1, 0.15) is 25.3 Å². The number of benzene rings is 1. The van der Waals surface area contributed by atoms with Crippen molar-refractivity contribution in [1.29, 1.82) is 0 Å². The van der Waals surface area contributed by atoms with E-state index < -0.39 is 11.6 Å². The van der Waals surface area contributed by atoms with Crippen LogP contribution in [0.15, 0.2) is 12.1 Å². The van der Waals surface area contributed by atoms with Gasteiger partial charge in [-0.1, -0.05) is 6.07 Å². The summed E-state index contributed by atoms with van der Waals surface area (Å²) in [6.45, 7) is 2.67. The monoisotopic (exact) mass is 226 g/mol. The maximum atomic E-state index is 13.8. The van der Waals surface area contributed by atoms with Crippen LogP contribution in [-0.2, 0) is 6.54 Å². The van der Waals surface area contributed by atoms with E-state index in [1.807, 2.05) is 11.8 Å². The Morgan fingerprint density at radius 2 is 2.00 bits per heavy atom. The van der Waals surface area contributed by atoms with Crippen molar-refractivity contribution >= 4 is 5.69 Å². The summed E-state index contributed by atoms with van der Waals surface area (Å²) in [6.07, 6.45) is 2.13. The van der Waals surface area contributed by atoms with Crippen molar-refractivity contribution in [2.45, 2.75) is 32.4 Å². The van der Waals surface area contributed by atoms with Crippen molar-refractivity contribution in [1.82, 2.24) is 0 Å². The Bertz CT molecular complexity index is 389. The quantitative estimate of drug-likeness (QED) is 0.854. The van der Waals surface area contributed by atoms with Gasteiger partial charge in [0.05, 0.1) is 5.69 Å². The molecular weight excluding hydrogens is 210 g/mol. The van der Waals surface area contributed by atoms with E-state index in [4.69, 9.17) is 5.73 Å². The molecular formula is C12H16F2N2. The summed E-state index contributed by atoms with van der Waals surface area (Å²) in [5, 5.41) is 0. The molecule has 1 aromatic carbocycles. The molecule has 0 spiro atoms. The largest absolute Gasteiger partial charge is 0.366 e. The predicted octanol–water partition coefficient (Wildman–Crippen LogP) is 2.41. The average molecular weight is 226 g/mol. The van der Waals surface area contributed by atoms with E-state index >= 15 is 0 Å². The van der Waals surface area contributed by atoms with Crippen molar-refractivity contribution in [2.24, 2.45) is 5.73 Å². The Balaban J connectivity index is 2.37. The third kappa shape index (κ3) is 1.89. The first-order valence-electron chi connectivity index (χ1n) is 5.62. The van der Waals surface area contributed by atoms with E-state index in [9.17, 15) is 8.78 Å². The molecule has 1 aliphatic rings. The van der Waals surface area contributed by atoms with Gasteiger partial charge in [-0.25, -0.2) is 8.78 Å². The van der Waals surface area contributed by atoms with Crippen LogP contribution in [0.5, 0.6) is 0 Å². The third-order valence-corrected chi connectivity index (χ3v) is 3.00. The highest BCUT2D eigenvalue weighted by Gasteiger charge is 2.30. The lowest BCUT2D eigenvalue weighted by Crippen LogP contribution is -2.26. The molecule has 1 aliphatic carbocycles. The molecule has 0 radical (unpaired) electrons. The summed E-state index contributed by atoms with van der Waals surface area (Å²) in [7, 11) is 0. The Labute approximate surface area is 94.0 Å². The molecule has 4 heteroatoms. The van der Waals surface area contributed by atoms with Crippen molar-refractivity contribution in [3.05, 3.63) is 29.3 Å². The Hall–Kier alpha value is -1.16. The van der Waals surface area contributed by atoms with Gasteiger partial charge in [0.1, 0.15) is 0 Å². The lowest BCUT2D eigenvalue weighted by molar-refractivity contribution is 0.497. The van der Waals surface area contributed by atoms with Crippen LogP contribution in [0.2, 0.25) is 0 Å². The van der Waals surface area contributed by atoms with Crippen molar-refractivity contribution in [3.63, 3.8) is 0 Å². The van der Waals surface area contributed by atoms with Gasteiger partial charge in [0.15, 0.2) is 11.6 Å². The van der Waals surface area contributed by atoms with Crippen LogP contribution in [0, 0.1) is 11.6 Å². The molecule has 0 atom stereocenters. The van der Waals surface area contributed by atoms with Crippen molar-refractivity contribution < 1.29 is 8.78 Å². The van der Waals surface area contributed by atoms with E-state index in [0.29, 0.717) is 18.3 Å². The van der Waals surface area contributed by atoms with E-state index in [-0.39, 0.29) is 12.1 Å². The molecule has 2 nitrogen and oxygen atoms in total. The molecule has 0 amide bonds. The molecule has 0 unspecified atom stereocenters. The van der Waals surface area contributed by atoms with Gasteiger partial charge in [0, 0.05) is 24.7 Å². The zero-order valence-electron chi connectivity index (χ0n) is 9.34. The first-order chi connectivity index (χ1) is 7.69. The first-order valence-corrected chi connectivity index (χ1v) is 5.62. The summed E-state index contributed by atoms with van der Waals surface area (Å²) >= 11 is 0. The smallest absolute Gasteiger partial charge is 0.182 e. The van der Waals surface area contributed by atoms with E-state index in [1.165, 1.54) is 0 Å². The fraction of sp³-hybridized carbons (Fsp3) is 0.500. The highest BCUT2D eigenvalue weighted by Crippen LogP contribution is 2.34. The molecule has 16 heavy (non-hydrogen) atoms. The minimum absolute atomic E-state index is 0.0264. The zero-order chi connectivity index (χ0) is 11.7. The molecule has 0 heterocycles. The van der Waals surface area contributed by atoms with Gasteiger partial charge in [-0.05, 0) is 25.8 Å². The van der Waals surface area contributed by atoms with Crippen LogP contribution in [-0.4, -0.2) is 12.6 Å². The summed E-state index contributed by atoms with van der Waals surface area (Å²) in [4.78, 5) is 1.92. The summed E-state index contributed by atoms with van der Waals surface area (Å²) in [5.41, 5.74) is 5.92. The van der Waals surface area contributed by atoms with Gasteiger partial charge in [-0.15, -0.1) is 0 Å². The Morgan fingerprint density at radius 1 is 1.31 bits per heavy atom. The maximum absolute atomic E-state index is 13.8. The Morgan fingerprint density at radius 3 is 2.50 bits per heavy atom. The first kappa shape index (κ1) is 11.3. The molecule has 88 valence electrons. The molecule has 0 saturated heterocycles. The maximum Gasteiger partial charge on any atom is 0.182 e. The van der Waals surface area contributed by atoms with Crippen LogP contribution >= 0.6 is 0 Å². The molecule has 2 rings (SSSR count). The minimum Gasteiger partial charge on any atom is -0.366 e. The number of nitrogens with two attached hydrogens (primary N) is 1. The van der Waals surface area contributed by atoms with Crippen LogP contribution in [0.25, 0.3) is 0 Å². The second-order valence-corrected chi connectivity index (χ2v) is 4.09. The van der Waals surface area contributed by atoms with Gasteiger partial charge < -0.3 is 10.6 Å². The van der Waals surface area contributed by atoms with Crippen LogP contribution in [0.3, 0.4) is 0 Å². The SMILES string of the molecule is CCN(c1ccc(CN)c(F)c1F)C1CC1. The van der Waals surface area contributed by atoms with Crippen molar-refractivity contribution in [2.75, 3.05) is 11.4 Å². The fourth-order valence-corrected chi connectivity index (χ4v) is 1.97. The van der Waals surface area contributed by atoms with Crippen molar-refractivity contribution in [3.8, 4) is 0 Å². The highest BCUT2D eigenvalue weighted by atomic mass is 19.2. The number of hydrogen-bond donors (Lipinski definition) is 1. The Kier molecular flexibility index (Phi) is 3.10. The number of halogens is 2. The van der Waals surface area contributed by atoms with E-state index in [0.717, 1.165) is 12.8 Å². The van der Waals surface area contributed by atoms with Gasteiger partial charge in [0.25, 0.3) is 0 Å². The van der Waals surface area contributed by atoms with E-state index in [2.05, 4.69) is 0 Å². The lowest BCUT2D eigenvalue weighted by Gasteiger charge is -2.23. The molecule has 0 aliphatic heterocycles. The molecule has 1 saturated carbocycles. The average Bonchev–Trinajstić information content (AvgIpc) is 3.10.